The Balaban J connectivity index is 1.92. The standard InChI is InChI=1S/C15H20N2O/c1-12(11-15-5-4-10-18-15)16-13-6-8-14(9-7-13)17(2)3/h4-10,12,16H,11H2,1-3H3. The summed E-state index contributed by atoms with van der Waals surface area (Å²) in [5.74, 6) is 1.01. The fourth-order valence-electron chi connectivity index (χ4n) is 1.92. The van der Waals surface area contributed by atoms with Crippen molar-refractivity contribution >= 4 is 11.4 Å². The molecule has 0 aliphatic heterocycles. The Bertz CT molecular complexity index is 460. The van der Waals surface area contributed by atoms with Crippen molar-refractivity contribution < 1.29 is 4.42 Å². The van der Waals surface area contributed by atoms with Crippen molar-refractivity contribution in [1.29, 1.82) is 0 Å². The van der Waals surface area contributed by atoms with Crippen LogP contribution in [0.5, 0.6) is 0 Å². The van der Waals surface area contributed by atoms with Crippen molar-refractivity contribution in [1.82, 2.24) is 0 Å². The first-order chi connectivity index (χ1) is 8.65. The second kappa shape index (κ2) is 5.63. The van der Waals surface area contributed by atoms with E-state index >= 15 is 0 Å². The van der Waals surface area contributed by atoms with Crippen LogP contribution in [0.1, 0.15) is 12.7 Å². The quantitative estimate of drug-likeness (QED) is 0.874. The molecule has 0 saturated carbocycles. The summed E-state index contributed by atoms with van der Waals surface area (Å²) in [5, 5.41) is 3.47. The van der Waals surface area contributed by atoms with Crippen LogP contribution in [0.2, 0.25) is 0 Å². The number of benzene rings is 1. The largest absolute Gasteiger partial charge is 0.469 e. The summed E-state index contributed by atoms with van der Waals surface area (Å²) in [4.78, 5) is 2.09. The molecule has 0 saturated heterocycles. The van der Waals surface area contributed by atoms with Gasteiger partial charge in [0, 0.05) is 37.9 Å². The van der Waals surface area contributed by atoms with Gasteiger partial charge in [-0.05, 0) is 43.3 Å². The molecule has 0 radical (unpaired) electrons. The third kappa shape index (κ3) is 3.29. The van der Waals surface area contributed by atoms with E-state index in [1.54, 1.807) is 6.26 Å². The Labute approximate surface area is 108 Å². The van der Waals surface area contributed by atoms with Gasteiger partial charge in [-0.25, -0.2) is 0 Å². The molecule has 0 aliphatic carbocycles. The number of furan rings is 1. The Morgan fingerprint density at radius 3 is 2.44 bits per heavy atom. The zero-order chi connectivity index (χ0) is 13.0. The summed E-state index contributed by atoms with van der Waals surface area (Å²) in [6.45, 7) is 2.16. The van der Waals surface area contributed by atoms with Crippen LogP contribution >= 0.6 is 0 Å². The second-order valence-electron chi connectivity index (χ2n) is 4.77. The van der Waals surface area contributed by atoms with Crippen LogP contribution in [-0.2, 0) is 6.42 Å². The molecule has 3 nitrogen and oxygen atoms in total. The lowest BCUT2D eigenvalue weighted by Gasteiger charge is -2.16. The molecule has 1 atom stereocenters. The molecular formula is C15H20N2O. The van der Waals surface area contributed by atoms with Gasteiger partial charge < -0.3 is 14.6 Å². The number of hydrogen-bond acceptors (Lipinski definition) is 3. The summed E-state index contributed by atoms with van der Waals surface area (Å²) < 4.78 is 5.35. The molecule has 3 heteroatoms. The predicted molar refractivity (Wildman–Crippen MR) is 76.3 cm³/mol. The lowest BCUT2D eigenvalue weighted by molar-refractivity contribution is 0.498. The molecule has 0 aliphatic rings. The zero-order valence-electron chi connectivity index (χ0n) is 11.2. The molecule has 1 aromatic heterocycles. The molecule has 0 spiro atoms. The highest BCUT2D eigenvalue weighted by molar-refractivity contribution is 5.54. The third-order valence-corrected chi connectivity index (χ3v) is 2.88. The summed E-state index contributed by atoms with van der Waals surface area (Å²) in [6, 6.07) is 12.7. The first-order valence-corrected chi connectivity index (χ1v) is 6.21. The van der Waals surface area contributed by atoms with Crippen LogP contribution in [0.3, 0.4) is 0 Å². The van der Waals surface area contributed by atoms with Gasteiger partial charge in [0.05, 0.1) is 6.26 Å². The van der Waals surface area contributed by atoms with Gasteiger partial charge in [-0.1, -0.05) is 0 Å². The van der Waals surface area contributed by atoms with Gasteiger partial charge in [-0.2, -0.15) is 0 Å². The highest BCUT2D eigenvalue weighted by Crippen LogP contribution is 2.17. The van der Waals surface area contributed by atoms with Crippen LogP contribution in [0.25, 0.3) is 0 Å². The van der Waals surface area contributed by atoms with Gasteiger partial charge in [-0.15, -0.1) is 0 Å². The number of hydrogen-bond donors (Lipinski definition) is 1. The van der Waals surface area contributed by atoms with E-state index in [-0.39, 0.29) is 0 Å². The first kappa shape index (κ1) is 12.6. The predicted octanol–water partition coefficient (Wildman–Crippen LogP) is 3.39. The minimum absolute atomic E-state index is 0.348. The van der Waals surface area contributed by atoms with E-state index in [0.29, 0.717) is 6.04 Å². The smallest absolute Gasteiger partial charge is 0.105 e. The van der Waals surface area contributed by atoms with E-state index in [2.05, 4.69) is 41.4 Å². The normalized spacial score (nSPS) is 12.2. The molecule has 2 aromatic rings. The van der Waals surface area contributed by atoms with Crippen LogP contribution < -0.4 is 10.2 Å². The maximum Gasteiger partial charge on any atom is 0.105 e. The molecule has 0 amide bonds. The van der Waals surface area contributed by atoms with Gasteiger partial charge in [-0.3, -0.25) is 0 Å². The number of nitrogens with zero attached hydrogens (tertiary/aromatic N) is 1. The van der Waals surface area contributed by atoms with Gasteiger partial charge in [0.2, 0.25) is 0 Å². The third-order valence-electron chi connectivity index (χ3n) is 2.88. The fourth-order valence-corrected chi connectivity index (χ4v) is 1.92. The maximum atomic E-state index is 5.35. The number of anilines is 2. The van der Waals surface area contributed by atoms with Crippen molar-refractivity contribution in [2.24, 2.45) is 0 Å². The number of rotatable bonds is 5. The highest BCUT2D eigenvalue weighted by Gasteiger charge is 2.05. The molecule has 18 heavy (non-hydrogen) atoms. The monoisotopic (exact) mass is 244 g/mol. The molecular weight excluding hydrogens is 224 g/mol. The second-order valence-corrected chi connectivity index (χ2v) is 4.77. The van der Waals surface area contributed by atoms with Crippen LogP contribution in [0.4, 0.5) is 11.4 Å². The Kier molecular flexibility index (Phi) is 3.92. The SMILES string of the molecule is CC(Cc1ccco1)Nc1ccc(N(C)C)cc1. The van der Waals surface area contributed by atoms with Gasteiger partial charge >= 0.3 is 0 Å². The minimum atomic E-state index is 0.348. The van der Waals surface area contributed by atoms with E-state index < -0.39 is 0 Å². The van der Waals surface area contributed by atoms with Crippen molar-refractivity contribution in [3.63, 3.8) is 0 Å². The topological polar surface area (TPSA) is 28.4 Å². The summed E-state index contributed by atoms with van der Waals surface area (Å²) in [7, 11) is 4.09. The van der Waals surface area contributed by atoms with E-state index in [1.807, 2.05) is 26.2 Å². The van der Waals surface area contributed by atoms with Gasteiger partial charge in [0.25, 0.3) is 0 Å². The molecule has 1 N–H and O–H groups in total. The van der Waals surface area contributed by atoms with Crippen LogP contribution in [0, 0.1) is 0 Å². The van der Waals surface area contributed by atoms with Crippen molar-refractivity contribution in [2.45, 2.75) is 19.4 Å². The van der Waals surface area contributed by atoms with Crippen molar-refractivity contribution in [2.75, 3.05) is 24.3 Å². The zero-order valence-corrected chi connectivity index (χ0v) is 11.2. The van der Waals surface area contributed by atoms with E-state index in [9.17, 15) is 0 Å². The van der Waals surface area contributed by atoms with Gasteiger partial charge in [0.15, 0.2) is 0 Å². The van der Waals surface area contributed by atoms with Crippen molar-refractivity contribution in [3.8, 4) is 0 Å². The highest BCUT2D eigenvalue weighted by atomic mass is 16.3. The molecule has 0 fully saturated rings. The molecule has 0 bridgehead atoms. The molecule has 1 unspecified atom stereocenters. The van der Waals surface area contributed by atoms with E-state index in [0.717, 1.165) is 17.9 Å². The van der Waals surface area contributed by atoms with Crippen LogP contribution in [-0.4, -0.2) is 20.1 Å². The van der Waals surface area contributed by atoms with Gasteiger partial charge in [0.1, 0.15) is 5.76 Å². The summed E-state index contributed by atoms with van der Waals surface area (Å²) in [5.41, 5.74) is 2.35. The average molecular weight is 244 g/mol. The van der Waals surface area contributed by atoms with E-state index in [4.69, 9.17) is 4.42 Å². The fraction of sp³-hybridized carbons (Fsp3) is 0.333. The molecule has 1 aromatic carbocycles. The average Bonchev–Trinajstić information content (AvgIpc) is 2.82. The Morgan fingerprint density at radius 2 is 1.89 bits per heavy atom. The Hall–Kier alpha value is -1.90. The maximum absolute atomic E-state index is 5.35. The molecule has 2 rings (SSSR count). The molecule has 96 valence electrons. The number of nitrogens with one attached hydrogen (secondary N) is 1. The first-order valence-electron chi connectivity index (χ1n) is 6.21. The van der Waals surface area contributed by atoms with Crippen LogP contribution in [0.15, 0.2) is 47.1 Å². The Morgan fingerprint density at radius 1 is 1.17 bits per heavy atom. The molecule has 1 heterocycles. The van der Waals surface area contributed by atoms with E-state index in [1.165, 1.54) is 5.69 Å². The summed E-state index contributed by atoms with van der Waals surface area (Å²) >= 11 is 0. The lowest BCUT2D eigenvalue weighted by atomic mass is 10.2. The lowest BCUT2D eigenvalue weighted by Crippen LogP contribution is -2.17. The summed E-state index contributed by atoms with van der Waals surface area (Å²) in [6.07, 6.45) is 2.61. The minimum Gasteiger partial charge on any atom is -0.469 e. The van der Waals surface area contributed by atoms with Crippen molar-refractivity contribution in [3.05, 3.63) is 48.4 Å².